The Hall–Kier alpha value is -1.09. The highest BCUT2D eigenvalue weighted by Crippen LogP contribution is 2.28. The van der Waals surface area contributed by atoms with Crippen LogP contribution in [0, 0.1) is 0 Å². The van der Waals surface area contributed by atoms with E-state index in [0.29, 0.717) is 4.83 Å². The number of imidazole rings is 1. The number of nitrogens with one attached hydrogen (secondary N) is 1. The molecule has 16 heavy (non-hydrogen) atoms. The average Bonchev–Trinajstić information content (AvgIpc) is 2.81. The van der Waals surface area contributed by atoms with E-state index < -0.39 is 0 Å². The molecular formula is C13H15BrN2. The highest BCUT2D eigenvalue weighted by Gasteiger charge is 2.12. The van der Waals surface area contributed by atoms with Crippen LogP contribution in [0.2, 0.25) is 0 Å². The Balaban J connectivity index is 2.17. The van der Waals surface area contributed by atoms with Crippen molar-refractivity contribution < 1.29 is 0 Å². The zero-order valence-electron chi connectivity index (χ0n) is 9.28. The van der Waals surface area contributed by atoms with Gasteiger partial charge in [0.05, 0.1) is 0 Å². The van der Waals surface area contributed by atoms with Crippen LogP contribution in [0.15, 0.2) is 36.7 Å². The monoisotopic (exact) mass is 278 g/mol. The molecule has 0 radical (unpaired) electrons. The Kier molecular flexibility index (Phi) is 3.78. The zero-order valence-corrected chi connectivity index (χ0v) is 10.9. The van der Waals surface area contributed by atoms with Gasteiger partial charge in [0.25, 0.3) is 0 Å². The number of alkyl halides is 1. The minimum Gasteiger partial charge on any atom is -0.349 e. The number of hydrogen-bond acceptors (Lipinski definition) is 1. The lowest BCUT2D eigenvalue weighted by Gasteiger charge is -2.12. The summed E-state index contributed by atoms with van der Waals surface area (Å²) in [5.74, 6) is 1.02. The van der Waals surface area contributed by atoms with Crippen LogP contribution >= 0.6 is 15.9 Å². The molecule has 1 aromatic heterocycles. The second-order valence-corrected chi connectivity index (χ2v) is 4.87. The molecule has 0 aliphatic heterocycles. The van der Waals surface area contributed by atoms with Crippen LogP contribution in [0.5, 0.6) is 0 Å². The van der Waals surface area contributed by atoms with Crippen molar-refractivity contribution in [2.45, 2.75) is 24.6 Å². The van der Waals surface area contributed by atoms with Crippen molar-refractivity contribution >= 4 is 15.9 Å². The Morgan fingerprint density at radius 2 is 2.19 bits per heavy atom. The third-order valence-corrected chi connectivity index (χ3v) is 3.52. The molecule has 0 saturated carbocycles. The number of H-pyrrole nitrogens is 1. The summed E-state index contributed by atoms with van der Waals surface area (Å²) < 4.78 is 0. The summed E-state index contributed by atoms with van der Waals surface area (Å²) in [4.78, 5) is 7.71. The molecule has 2 nitrogen and oxygen atoms in total. The number of benzene rings is 1. The normalized spacial score (nSPS) is 12.6. The number of halogens is 1. The fourth-order valence-electron chi connectivity index (χ4n) is 1.85. The van der Waals surface area contributed by atoms with Gasteiger partial charge in [-0.05, 0) is 17.5 Å². The molecule has 0 fully saturated rings. The second kappa shape index (κ2) is 5.30. The Bertz CT molecular complexity index is 437. The summed E-state index contributed by atoms with van der Waals surface area (Å²) in [5.41, 5.74) is 2.76. The largest absolute Gasteiger partial charge is 0.349 e. The third-order valence-electron chi connectivity index (χ3n) is 2.70. The first-order chi connectivity index (χ1) is 7.81. The first-order valence-corrected chi connectivity index (χ1v) is 6.43. The average molecular weight is 279 g/mol. The van der Waals surface area contributed by atoms with Gasteiger partial charge < -0.3 is 4.98 Å². The van der Waals surface area contributed by atoms with Gasteiger partial charge in [0.2, 0.25) is 0 Å². The molecule has 0 spiro atoms. The van der Waals surface area contributed by atoms with Gasteiger partial charge in [-0.2, -0.15) is 0 Å². The van der Waals surface area contributed by atoms with E-state index in [0.717, 1.165) is 18.7 Å². The van der Waals surface area contributed by atoms with E-state index in [2.05, 4.69) is 57.1 Å². The minimum atomic E-state index is 0.329. The Morgan fingerprint density at radius 3 is 2.88 bits per heavy atom. The first kappa shape index (κ1) is 11.4. The molecule has 0 amide bonds. The van der Waals surface area contributed by atoms with Crippen LogP contribution in [0.25, 0.3) is 0 Å². The molecule has 1 heterocycles. The van der Waals surface area contributed by atoms with Gasteiger partial charge in [-0.25, -0.2) is 4.98 Å². The third kappa shape index (κ3) is 2.53. The lowest BCUT2D eigenvalue weighted by molar-refractivity contribution is 0.862. The number of aromatic nitrogens is 2. The molecule has 1 aromatic carbocycles. The molecule has 0 aliphatic carbocycles. The maximum absolute atomic E-state index is 4.25. The summed E-state index contributed by atoms with van der Waals surface area (Å²) in [6, 6.07) is 8.55. The molecule has 1 unspecified atom stereocenters. The summed E-state index contributed by atoms with van der Waals surface area (Å²) in [6.07, 6.45) is 5.61. The molecule has 0 aliphatic rings. The van der Waals surface area contributed by atoms with Crippen molar-refractivity contribution in [2.24, 2.45) is 0 Å². The van der Waals surface area contributed by atoms with Crippen LogP contribution in [0.3, 0.4) is 0 Å². The van der Waals surface area contributed by atoms with Gasteiger partial charge in [0, 0.05) is 23.6 Å². The fourth-order valence-corrected chi connectivity index (χ4v) is 2.60. The smallest absolute Gasteiger partial charge is 0.107 e. The van der Waals surface area contributed by atoms with Crippen LogP contribution in [-0.2, 0) is 12.8 Å². The van der Waals surface area contributed by atoms with Crippen molar-refractivity contribution in [1.29, 1.82) is 0 Å². The molecule has 1 atom stereocenters. The molecule has 2 aromatic rings. The van der Waals surface area contributed by atoms with Gasteiger partial charge >= 0.3 is 0 Å². The maximum Gasteiger partial charge on any atom is 0.107 e. The number of hydrogen-bond donors (Lipinski definition) is 1. The van der Waals surface area contributed by atoms with Crippen molar-refractivity contribution in [3.05, 3.63) is 53.6 Å². The van der Waals surface area contributed by atoms with Gasteiger partial charge in [-0.15, -0.1) is 0 Å². The van der Waals surface area contributed by atoms with E-state index in [1.54, 1.807) is 6.20 Å². The van der Waals surface area contributed by atoms with E-state index >= 15 is 0 Å². The molecule has 0 bridgehead atoms. The van der Waals surface area contributed by atoms with Crippen LogP contribution in [0.1, 0.15) is 28.7 Å². The molecule has 0 saturated heterocycles. The Morgan fingerprint density at radius 1 is 1.38 bits per heavy atom. The van der Waals surface area contributed by atoms with E-state index in [9.17, 15) is 0 Å². The number of nitrogens with zero attached hydrogens (tertiary/aromatic N) is 1. The second-order valence-electron chi connectivity index (χ2n) is 3.76. The van der Waals surface area contributed by atoms with E-state index in [-0.39, 0.29) is 0 Å². The zero-order chi connectivity index (χ0) is 11.4. The van der Waals surface area contributed by atoms with E-state index in [1.807, 2.05) is 6.20 Å². The molecule has 1 N–H and O–H groups in total. The SMILES string of the molecule is CCc1ccccc1C(Br)Cc1ncc[nH]1. The summed E-state index contributed by atoms with van der Waals surface area (Å²) in [6.45, 7) is 2.19. The predicted octanol–water partition coefficient (Wildman–Crippen LogP) is 3.65. The predicted molar refractivity (Wildman–Crippen MR) is 69.8 cm³/mol. The quantitative estimate of drug-likeness (QED) is 0.850. The fraction of sp³-hybridized carbons (Fsp3) is 0.308. The highest BCUT2D eigenvalue weighted by molar-refractivity contribution is 9.09. The summed E-state index contributed by atoms with van der Waals surface area (Å²) in [5, 5.41) is 0. The lowest BCUT2D eigenvalue weighted by Crippen LogP contribution is -2.00. The lowest BCUT2D eigenvalue weighted by atomic mass is 10.0. The van der Waals surface area contributed by atoms with E-state index in [4.69, 9.17) is 0 Å². The van der Waals surface area contributed by atoms with Crippen molar-refractivity contribution in [2.75, 3.05) is 0 Å². The van der Waals surface area contributed by atoms with Crippen LogP contribution in [0.4, 0.5) is 0 Å². The van der Waals surface area contributed by atoms with Crippen molar-refractivity contribution in [3.63, 3.8) is 0 Å². The van der Waals surface area contributed by atoms with Gasteiger partial charge in [-0.1, -0.05) is 47.1 Å². The van der Waals surface area contributed by atoms with Gasteiger partial charge in [-0.3, -0.25) is 0 Å². The van der Waals surface area contributed by atoms with Crippen molar-refractivity contribution in [3.8, 4) is 0 Å². The molecule has 3 heteroatoms. The number of rotatable bonds is 4. The molecule has 2 rings (SSSR count). The standard InChI is InChI=1S/C13H15BrN2/c1-2-10-5-3-4-6-11(10)12(14)9-13-15-7-8-16-13/h3-8,12H,2,9H2,1H3,(H,15,16). The molecular weight excluding hydrogens is 264 g/mol. The van der Waals surface area contributed by atoms with Crippen LogP contribution in [-0.4, -0.2) is 9.97 Å². The van der Waals surface area contributed by atoms with Crippen molar-refractivity contribution in [1.82, 2.24) is 9.97 Å². The Labute approximate surface area is 104 Å². The topological polar surface area (TPSA) is 28.7 Å². The first-order valence-electron chi connectivity index (χ1n) is 5.51. The number of aromatic amines is 1. The maximum atomic E-state index is 4.25. The summed E-state index contributed by atoms with van der Waals surface area (Å²) in [7, 11) is 0. The minimum absolute atomic E-state index is 0.329. The highest BCUT2D eigenvalue weighted by atomic mass is 79.9. The van der Waals surface area contributed by atoms with Crippen LogP contribution < -0.4 is 0 Å². The van der Waals surface area contributed by atoms with Gasteiger partial charge in [0.1, 0.15) is 5.82 Å². The molecule has 84 valence electrons. The number of aryl methyl sites for hydroxylation is 1. The summed E-state index contributed by atoms with van der Waals surface area (Å²) >= 11 is 3.74. The van der Waals surface area contributed by atoms with E-state index in [1.165, 1.54) is 11.1 Å². The van der Waals surface area contributed by atoms with Gasteiger partial charge in [0.15, 0.2) is 0 Å².